The lowest BCUT2D eigenvalue weighted by Gasteiger charge is -2.32. The first-order chi connectivity index (χ1) is 11.0. The monoisotopic (exact) mass is 320 g/mol. The lowest BCUT2D eigenvalue weighted by Crippen LogP contribution is -2.42. The number of aromatic nitrogens is 2. The van der Waals surface area contributed by atoms with Crippen molar-refractivity contribution >= 4 is 11.7 Å². The van der Waals surface area contributed by atoms with Crippen LogP contribution in [0, 0.1) is 6.92 Å². The molecule has 1 aromatic heterocycles. The fourth-order valence-electron chi connectivity index (χ4n) is 2.75. The Kier molecular flexibility index (Phi) is 6.33. The first-order valence-electron chi connectivity index (χ1n) is 8.38. The predicted octanol–water partition coefficient (Wildman–Crippen LogP) is 2.35. The Morgan fingerprint density at radius 1 is 1.39 bits per heavy atom. The number of amides is 1. The van der Waals surface area contributed by atoms with Gasteiger partial charge < -0.3 is 15.0 Å². The number of carbonyl (C=O) groups excluding carboxylic acids is 1. The molecule has 1 aliphatic heterocycles. The van der Waals surface area contributed by atoms with Crippen molar-refractivity contribution in [2.75, 3.05) is 32.1 Å². The largest absolute Gasteiger partial charge is 0.384 e. The molecule has 1 aromatic rings. The molecule has 1 saturated heterocycles. The molecule has 1 fully saturated rings. The van der Waals surface area contributed by atoms with Gasteiger partial charge in [-0.25, -0.2) is 9.97 Å². The number of hydrogen-bond donors (Lipinski definition) is 1. The lowest BCUT2D eigenvalue weighted by molar-refractivity contribution is -0.133. The first-order valence-corrected chi connectivity index (χ1v) is 8.38. The van der Waals surface area contributed by atoms with E-state index >= 15 is 0 Å². The molecule has 0 atom stereocenters. The average Bonchev–Trinajstić information content (AvgIpc) is 2.52. The normalized spacial score (nSPS) is 16.0. The van der Waals surface area contributed by atoms with Gasteiger partial charge in [0.15, 0.2) is 0 Å². The Balaban J connectivity index is 1.88. The Morgan fingerprint density at radius 3 is 2.70 bits per heavy atom. The summed E-state index contributed by atoms with van der Waals surface area (Å²) in [7, 11) is 1.62. The van der Waals surface area contributed by atoms with E-state index in [1.165, 1.54) is 0 Å². The molecule has 128 valence electrons. The van der Waals surface area contributed by atoms with Gasteiger partial charge in [-0.3, -0.25) is 4.79 Å². The molecule has 6 heteroatoms. The number of methoxy groups -OCH3 is 1. The number of likely N-dealkylation sites (tertiary alicyclic amines) is 1. The zero-order chi connectivity index (χ0) is 16.8. The molecule has 0 aliphatic carbocycles. The Bertz CT molecular complexity index is 525. The molecule has 0 bridgehead atoms. The highest BCUT2D eigenvalue weighted by molar-refractivity contribution is 5.76. The average molecular weight is 320 g/mol. The minimum absolute atomic E-state index is 0.185. The topological polar surface area (TPSA) is 67.3 Å². The van der Waals surface area contributed by atoms with Crippen LogP contribution in [0.2, 0.25) is 0 Å². The molecule has 0 unspecified atom stereocenters. The smallest absolute Gasteiger partial charge is 0.224 e. The van der Waals surface area contributed by atoms with E-state index in [0.717, 1.165) is 43.3 Å². The summed E-state index contributed by atoms with van der Waals surface area (Å²) >= 11 is 0. The molecule has 0 saturated carbocycles. The molecular weight excluding hydrogens is 292 g/mol. The van der Waals surface area contributed by atoms with Crippen LogP contribution in [0.5, 0.6) is 0 Å². The third-order valence-electron chi connectivity index (χ3n) is 4.11. The molecule has 2 heterocycles. The van der Waals surface area contributed by atoms with E-state index in [1.807, 2.05) is 17.9 Å². The highest BCUT2D eigenvalue weighted by atomic mass is 16.5. The minimum Gasteiger partial charge on any atom is -0.384 e. The number of carbonyl (C=O) groups is 1. The molecule has 2 rings (SSSR count). The van der Waals surface area contributed by atoms with Gasteiger partial charge in [-0.2, -0.15) is 0 Å². The minimum atomic E-state index is 0.185. The summed E-state index contributed by atoms with van der Waals surface area (Å²) in [6.07, 6.45) is 2.36. The summed E-state index contributed by atoms with van der Waals surface area (Å²) in [5, 5.41) is 3.51. The van der Waals surface area contributed by atoms with Crippen molar-refractivity contribution in [2.45, 2.75) is 52.0 Å². The SMILES string of the molecule is COCCC(=O)N1CCC(Nc2cc(C)nc(C(C)C)n2)CC1. The van der Waals surface area contributed by atoms with Crippen molar-refractivity contribution in [1.82, 2.24) is 14.9 Å². The first kappa shape index (κ1) is 17.7. The van der Waals surface area contributed by atoms with Crippen LogP contribution < -0.4 is 5.32 Å². The number of nitrogens with one attached hydrogen (secondary N) is 1. The number of hydrogen-bond acceptors (Lipinski definition) is 5. The van der Waals surface area contributed by atoms with Gasteiger partial charge in [0, 0.05) is 43.9 Å². The van der Waals surface area contributed by atoms with Crippen LogP contribution in [0.1, 0.15) is 50.5 Å². The van der Waals surface area contributed by atoms with Crippen molar-refractivity contribution in [2.24, 2.45) is 0 Å². The molecule has 1 amide bonds. The van der Waals surface area contributed by atoms with E-state index in [2.05, 4.69) is 29.1 Å². The van der Waals surface area contributed by atoms with Gasteiger partial charge in [0.05, 0.1) is 13.0 Å². The van der Waals surface area contributed by atoms with Gasteiger partial charge in [0.25, 0.3) is 0 Å². The molecule has 0 aromatic carbocycles. The number of nitrogens with zero attached hydrogens (tertiary/aromatic N) is 3. The van der Waals surface area contributed by atoms with Crippen LogP contribution in [0.3, 0.4) is 0 Å². The zero-order valence-electron chi connectivity index (χ0n) is 14.6. The van der Waals surface area contributed by atoms with Crippen LogP contribution in [-0.2, 0) is 9.53 Å². The molecule has 23 heavy (non-hydrogen) atoms. The summed E-state index contributed by atoms with van der Waals surface area (Å²) in [6, 6.07) is 2.35. The second-order valence-corrected chi connectivity index (χ2v) is 6.45. The summed E-state index contributed by atoms with van der Waals surface area (Å²) in [6.45, 7) is 8.28. The highest BCUT2D eigenvalue weighted by Crippen LogP contribution is 2.18. The number of anilines is 1. The Morgan fingerprint density at radius 2 is 2.09 bits per heavy atom. The van der Waals surface area contributed by atoms with E-state index in [9.17, 15) is 4.79 Å². The third kappa shape index (κ3) is 5.16. The summed E-state index contributed by atoms with van der Waals surface area (Å²) < 4.78 is 4.97. The molecule has 0 radical (unpaired) electrons. The molecule has 0 spiro atoms. The number of rotatable bonds is 6. The van der Waals surface area contributed by atoms with Gasteiger partial charge >= 0.3 is 0 Å². The van der Waals surface area contributed by atoms with Gasteiger partial charge in [-0.1, -0.05) is 13.8 Å². The van der Waals surface area contributed by atoms with Gasteiger partial charge in [0.1, 0.15) is 11.6 Å². The van der Waals surface area contributed by atoms with Gasteiger partial charge in [0.2, 0.25) is 5.91 Å². The summed E-state index contributed by atoms with van der Waals surface area (Å²) in [4.78, 5) is 23.0. The van der Waals surface area contributed by atoms with Crippen molar-refractivity contribution in [1.29, 1.82) is 0 Å². The van der Waals surface area contributed by atoms with Crippen LogP contribution >= 0.6 is 0 Å². The summed E-state index contributed by atoms with van der Waals surface area (Å²) in [5.74, 6) is 2.27. The zero-order valence-corrected chi connectivity index (χ0v) is 14.6. The second kappa shape index (κ2) is 8.24. The highest BCUT2D eigenvalue weighted by Gasteiger charge is 2.22. The van der Waals surface area contributed by atoms with Gasteiger partial charge in [-0.05, 0) is 19.8 Å². The van der Waals surface area contributed by atoms with Crippen LogP contribution in [0.15, 0.2) is 6.07 Å². The standard InChI is InChI=1S/C17H28N4O2/c1-12(2)17-18-13(3)11-15(20-17)19-14-5-8-21(9-6-14)16(22)7-10-23-4/h11-12,14H,5-10H2,1-4H3,(H,18,19,20). The van der Waals surface area contributed by atoms with Crippen molar-refractivity contribution in [3.8, 4) is 0 Å². The molecular formula is C17H28N4O2. The number of ether oxygens (including phenoxy) is 1. The van der Waals surface area contributed by atoms with Crippen molar-refractivity contribution < 1.29 is 9.53 Å². The number of aryl methyl sites for hydroxylation is 1. The van der Waals surface area contributed by atoms with E-state index in [-0.39, 0.29) is 5.91 Å². The van der Waals surface area contributed by atoms with Crippen LogP contribution in [-0.4, -0.2) is 53.6 Å². The van der Waals surface area contributed by atoms with E-state index in [1.54, 1.807) is 7.11 Å². The maximum Gasteiger partial charge on any atom is 0.224 e. The molecule has 1 N–H and O–H groups in total. The van der Waals surface area contributed by atoms with Crippen molar-refractivity contribution in [3.05, 3.63) is 17.6 Å². The lowest BCUT2D eigenvalue weighted by atomic mass is 10.0. The Labute approximate surface area is 138 Å². The fraction of sp³-hybridized carbons (Fsp3) is 0.706. The number of piperidine rings is 1. The van der Waals surface area contributed by atoms with E-state index in [4.69, 9.17) is 4.74 Å². The third-order valence-corrected chi connectivity index (χ3v) is 4.11. The Hall–Kier alpha value is -1.69. The predicted molar refractivity (Wildman–Crippen MR) is 90.6 cm³/mol. The van der Waals surface area contributed by atoms with Crippen LogP contribution in [0.4, 0.5) is 5.82 Å². The maximum atomic E-state index is 12.0. The molecule has 6 nitrogen and oxygen atoms in total. The molecule has 1 aliphatic rings. The van der Waals surface area contributed by atoms with Crippen LogP contribution in [0.25, 0.3) is 0 Å². The summed E-state index contributed by atoms with van der Waals surface area (Å²) in [5.41, 5.74) is 0.985. The fourth-order valence-corrected chi connectivity index (χ4v) is 2.75. The van der Waals surface area contributed by atoms with Gasteiger partial charge in [-0.15, -0.1) is 0 Å². The quantitative estimate of drug-likeness (QED) is 0.871. The van der Waals surface area contributed by atoms with E-state index < -0.39 is 0 Å². The second-order valence-electron chi connectivity index (χ2n) is 6.45. The maximum absolute atomic E-state index is 12.0. The van der Waals surface area contributed by atoms with E-state index in [0.29, 0.717) is 25.0 Å². The van der Waals surface area contributed by atoms with Crippen molar-refractivity contribution in [3.63, 3.8) is 0 Å².